The molecule has 1 fully saturated rings. The van der Waals surface area contributed by atoms with Gasteiger partial charge in [-0.25, -0.2) is 4.98 Å². The Morgan fingerprint density at radius 2 is 2.19 bits per heavy atom. The zero-order chi connectivity index (χ0) is 15.1. The lowest BCUT2D eigenvalue weighted by Gasteiger charge is -2.29. The maximum absolute atomic E-state index is 5.42. The first-order valence-corrected chi connectivity index (χ1v) is 8.56. The van der Waals surface area contributed by atoms with E-state index in [4.69, 9.17) is 4.74 Å². The highest BCUT2D eigenvalue weighted by Gasteiger charge is 2.21. The van der Waals surface area contributed by atoms with Crippen molar-refractivity contribution in [2.45, 2.75) is 59.4 Å². The molecule has 4 nitrogen and oxygen atoms in total. The average Bonchev–Trinajstić information content (AvgIpc) is 2.83. The lowest BCUT2D eigenvalue weighted by molar-refractivity contribution is 0.142. The zero-order valence-corrected chi connectivity index (χ0v) is 13.9. The highest BCUT2D eigenvalue weighted by atomic mass is 16.5. The second kappa shape index (κ2) is 8.42. The van der Waals surface area contributed by atoms with E-state index in [0.29, 0.717) is 0 Å². The van der Waals surface area contributed by atoms with Crippen molar-refractivity contribution >= 4 is 5.95 Å². The Kier molecular flexibility index (Phi) is 6.55. The molecule has 0 aliphatic heterocycles. The summed E-state index contributed by atoms with van der Waals surface area (Å²) in [7, 11) is 0. The molecule has 0 bridgehead atoms. The van der Waals surface area contributed by atoms with Gasteiger partial charge in [0.2, 0.25) is 5.95 Å². The van der Waals surface area contributed by atoms with E-state index in [1.165, 1.54) is 25.7 Å². The Hall–Kier alpha value is -1.03. The maximum Gasteiger partial charge on any atom is 0.203 e. The van der Waals surface area contributed by atoms with Crippen LogP contribution in [0.4, 0.5) is 5.95 Å². The number of rotatable bonds is 8. The molecule has 1 aliphatic rings. The van der Waals surface area contributed by atoms with Crippen LogP contribution in [-0.2, 0) is 11.3 Å². The molecule has 0 radical (unpaired) electrons. The Labute approximate surface area is 129 Å². The largest absolute Gasteiger partial charge is 0.382 e. The van der Waals surface area contributed by atoms with E-state index in [1.54, 1.807) is 0 Å². The Balaban J connectivity index is 1.84. The number of hydrogen-bond donors (Lipinski definition) is 1. The fourth-order valence-electron chi connectivity index (χ4n) is 3.26. The van der Waals surface area contributed by atoms with Crippen LogP contribution >= 0.6 is 0 Å². The summed E-state index contributed by atoms with van der Waals surface area (Å²) < 4.78 is 7.65. The van der Waals surface area contributed by atoms with Crippen molar-refractivity contribution in [2.24, 2.45) is 11.8 Å². The lowest BCUT2D eigenvalue weighted by Crippen LogP contribution is -2.25. The molecule has 2 unspecified atom stereocenters. The third-order valence-electron chi connectivity index (χ3n) is 4.60. The van der Waals surface area contributed by atoms with Gasteiger partial charge in [0, 0.05) is 32.5 Å². The molecule has 0 amide bonds. The monoisotopic (exact) mass is 293 g/mol. The summed E-state index contributed by atoms with van der Waals surface area (Å²) in [6.45, 7) is 10.2. The topological polar surface area (TPSA) is 39.1 Å². The van der Waals surface area contributed by atoms with Crippen LogP contribution < -0.4 is 5.32 Å². The van der Waals surface area contributed by atoms with Gasteiger partial charge in [0.1, 0.15) is 0 Å². The zero-order valence-electron chi connectivity index (χ0n) is 13.9. The van der Waals surface area contributed by atoms with Crippen molar-refractivity contribution in [2.75, 3.05) is 25.1 Å². The van der Waals surface area contributed by atoms with Gasteiger partial charge in [0.05, 0.1) is 5.69 Å². The molecule has 0 saturated heterocycles. The minimum Gasteiger partial charge on any atom is -0.382 e. The van der Waals surface area contributed by atoms with Crippen molar-refractivity contribution in [3.8, 4) is 0 Å². The molecular formula is C17H31N3O. The summed E-state index contributed by atoms with van der Waals surface area (Å²) >= 11 is 0. The Morgan fingerprint density at radius 1 is 1.38 bits per heavy atom. The Morgan fingerprint density at radius 3 is 2.95 bits per heavy atom. The standard InChI is InChI=1S/C17H31N3O/c1-4-21-11-7-10-20-13-15(3)19-17(20)18-12-16-9-6-5-8-14(16)2/h13-14,16H,4-12H2,1-3H3,(H,18,19). The number of aryl methyl sites for hydroxylation is 2. The third kappa shape index (κ3) is 5.03. The number of nitrogens with one attached hydrogen (secondary N) is 1. The lowest BCUT2D eigenvalue weighted by atomic mass is 9.80. The quantitative estimate of drug-likeness (QED) is 0.740. The van der Waals surface area contributed by atoms with Crippen LogP contribution in [0, 0.1) is 18.8 Å². The van der Waals surface area contributed by atoms with Crippen molar-refractivity contribution in [1.29, 1.82) is 0 Å². The van der Waals surface area contributed by atoms with Gasteiger partial charge in [0.25, 0.3) is 0 Å². The summed E-state index contributed by atoms with van der Waals surface area (Å²) in [5, 5.41) is 3.59. The molecule has 4 heteroatoms. The van der Waals surface area contributed by atoms with Crippen molar-refractivity contribution in [3.05, 3.63) is 11.9 Å². The predicted molar refractivity (Wildman–Crippen MR) is 87.7 cm³/mol. The minimum absolute atomic E-state index is 0.799. The molecule has 1 aromatic heterocycles. The van der Waals surface area contributed by atoms with Gasteiger partial charge in [-0.3, -0.25) is 0 Å². The molecule has 1 aromatic rings. The van der Waals surface area contributed by atoms with Crippen LogP contribution in [0.25, 0.3) is 0 Å². The van der Waals surface area contributed by atoms with Gasteiger partial charge in [-0.1, -0.05) is 26.2 Å². The van der Waals surface area contributed by atoms with Crippen LogP contribution in [0.1, 0.15) is 51.6 Å². The fraction of sp³-hybridized carbons (Fsp3) is 0.824. The maximum atomic E-state index is 5.42. The molecule has 2 atom stereocenters. The van der Waals surface area contributed by atoms with Gasteiger partial charge in [-0.05, 0) is 38.5 Å². The first-order valence-electron chi connectivity index (χ1n) is 8.56. The highest BCUT2D eigenvalue weighted by molar-refractivity contribution is 5.28. The average molecular weight is 293 g/mol. The van der Waals surface area contributed by atoms with E-state index in [0.717, 1.165) is 56.2 Å². The fourth-order valence-corrected chi connectivity index (χ4v) is 3.26. The minimum atomic E-state index is 0.799. The van der Waals surface area contributed by atoms with E-state index >= 15 is 0 Å². The second-order valence-corrected chi connectivity index (χ2v) is 6.35. The van der Waals surface area contributed by atoms with Gasteiger partial charge >= 0.3 is 0 Å². The van der Waals surface area contributed by atoms with Gasteiger partial charge in [0.15, 0.2) is 0 Å². The number of nitrogens with zero attached hydrogens (tertiary/aromatic N) is 2. The van der Waals surface area contributed by atoms with Crippen LogP contribution in [0.15, 0.2) is 6.20 Å². The molecule has 1 N–H and O–H groups in total. The van der Waals surface area contributed by atoms with Crippen LogP contribution in [-0.4, -0.2) is 29.3 Å². The molecular weight excluding hydrogens is 262 g/mol. The number of imidazole rings is 1. The van der Waals surface area contributed by atoms with Crippen LogP contribution in [0.2, 0.25) is 0 Å². The van der Waals surface area contributed by atoms with Crippen molar-refractivity contribution in [1.82, 2.24) is 9.55 Å². The summed E-state index contributed by atoms with van der Waals surface area (Å²) in [5.74, 6) is 2.67. The van der Waals surface area contributed by atoms with E-state index in [1.807, 2.05) is 6.92 Å². The predicted octanol–water partition coefficient (Wildman–Crippen LogP) is 3.86. The molecule has 0 spiro atoms. The van der Waals surface area contributed by atoms with E-state index in [-0.39, 0.29) is 0 Å². The second-order valence-electron chi connectivity index (χ2n) is 6.35. The van der Waals surface area contributed by atoms with Gasteiger partial charge in [-0.15, -0.1) is 0 Å². The van der Waals surface area contributed by atoms with Crippen molar-refractivity contribution in [3.63, 3.8) is 0 Å². The molecule has 120 valence electrons. The molecule has 1 saturated carbocycles. The van der Waals surface area contributed by atoms with E-state index < -0.39 is 0 Å². The van der Waals surface area contributed by atoms with Gasteiger partial charge < -0.3 is 14.6 Å². The summed E-state index contributed by atoms with van der Waals surface area (Å²) in [4.78, 5) is 4.63. The number of anilines is 1. The number of ether oxygens (including phenoxy) is 1. The smallest absolute Gasteiger partial charge is 0.203 e. The molecule has 1 aliphatic carbocycles. The van der Waals surface area contributed by atoms with Gasteiger partial charge in [-0.2, -0.15) is 0 Å². The molecule has 21 heavy (non-hydrogen) atoms. The number of hydrogen-bond acceptors (Lipinski definition) is 3. The van der Waals surface area contributed by atoms with E-state index in [2.05, 4.69) is 34.9 Å². The third-order valence-corrected chi connectivity index (χ3v) is 4.60. The SMILES string of the molecule is CCOCCCn1cc(C)nc1NCC1CCCCC1C. The first kappa shape index (κ1) is 16.3. The first-order chi connectivity index (χ1) is 10.2. The summed E-state index contributed by atoms with van der Waals surface area (Å²) in [6, 6.07) is 0. The molecule has 1 heterocycles. The van der Waals surface area contributed by atoms with E-state index in [9.17, 15) is 0 Å². The number of aromatic nitrogens is 2. The summed E-state index contributed by atoms with van der Waals surface area (Å²) in [5.41, 5.74) is 1.09. The van der Waals surface area contributed by atoms with Crippen molar-refractivity contribution < 1.29 is 4.74 Å². The Bertz CT molecular complexity index is 416. The molecule has 2 rings (SSSR count). The van der Waals surface area contributed by atoms with Crippen LogP contribution in [0.5, 0.6) is 0 Å². The van der Waals surface area contributed by atoms with Crippen LogP contribution in [0.3, 0.4) is 0 Å². The summed E-state index contributed by atoms with van der Waals surface area (Å²) in [6.07, 6.45) is 8.71. The normalized spacial score (nSPS) is 22.4. The highest BCUT2D eigenvalue weighted by Crippen LogP contribution is 2.29. The molecule has 0 aromatic carbocycles.